The third-order valence-corrected chi connectivity index (χ3v) is 4.71. The second-order valence-electron chi connectivity index (χ2n) is 6.08. The molecule has 6 nitrogen and oxygen atoms in total. The predicted molar refractivity (Wildman–Crippen MR) is 109 cm³/mol. The number of anilines is 1. The maximum Gasteiger partial charge on any atom is 0.295 e. The van der Waals surface area contributed by atoms with Gasteiger partial charge in [0.25, 0.3) is 11.5 Å². The minimum absolute atomic E-state index is 0.122. The number of nitriles is 1. The van der Waals surface area contributed by atoms with Gasteiger partial charge in [0, 0.05) is 12.1 Å². The van der Waals surface area contributed by atoms with Crippen LogP contribution in [0.2, 0.25) is 5.02 Å². The van der Waals surface area contributed by atoms with Crippen molar-refractivity contribution in [2.45, 2.75) is 6.92 Å². The van der Waals surface area contributed by atoms with E-state index in [0.29, 0.717) is 22.0 Å². The second kappa shape index (κ2) is 7.99. The average molecular weight is 393 g/mol. The van der Waals surface area contributed by atoms with Crippen LogP contribution in [0.15, 0.2) is 65.0 Å². The zero-order chi connectivity index (χ0) is 20.3. The number of hydrogen-bond acceptors (Lipinski definition) is 3. The van der Waals surface area contributed by atoms with Crippen molar-refractivity contribution in [3.63, 3.8) is 0 Å². The molecule has 0 saturated heterocycles. The van der Waals surface area contributed by atoms with Crippen LogP contribution < -0.4 is 10.9 Å². The fraction of sp³-hybridized carbons (Fsp3) is 0.0952. The highest BCUT2D eigenvalue weighted by atomic mass is 35.5. The molecule has 1 aromatic heterocycles. The van der Waals surface area contributed by atoms with Gasteiger partial charge in [-0.1, -0.05) is 48.0 Å². The summed E-state index contributed by atoms with van der Waals surface area (Å²) in [4.78, 5) is 25.5. The van der Waals surface area contributed by atoms with E-state index < -0.39 is 5.91 Å². The van der Waals surface area contributed by atoms with E-state index in [0.717, 1.165) is 0 Å². The maximum atomic E-state index is 12.9. The minimum Gasteiger partial charge on any atom is -0.315 e. The first-order valence-corrected chi connectivity index (χ1v) is 8.83. The van der Waals surface area contributed by atoms with Gasteiger partial charge in [-0.05, 0) is 36.8 Å². The van der Waals surface area contributed by atoms with Crippen LogP contribution in [0.3, 0.4) is 0 Å². The van der Waals surface area contributed by atoms with Crippen molar-refractivity contribution in [1.82, 2.24) is 9.36 Å². The Kier molecular flexibility index (Phi) is 5.48. The van der Waals surface area contributed by atoms with Gasteiger partial charge < -0.3 is 5.32 Å². The number of amides is 1. The summed E-state index contributed by atoms with van der Waals surface area (Å²) in [7, 11) is 1.73. The summed E-state index contributed by atoms with van der Waals surface area (Å²) in [5.41, 5.74) is 1.37. The van der Waals surface area contributed by atoms with E-state index in [1.807, 2.05) is 24.3 Å². The number of carbonyl (C=O) groups is 1. The number of carbonyl (C=O) groups excluding carboxylic acids is 1. The minimum atomic E-state index is -0.673. The predicted octanol–water partition coefficient (Wildman–Crippen LogP) is 3.68. The third-order valence-electron chi connectivity index (χ3n) is 4.36. The Balaban J connectivity index is 1.98. The van der Waals surface area contributed by atoms with Crippen LogP contribution in [-0.4, -0.2) is 15.3 Å². The van der Waals surface area contributed by atoms with Crippen LogP contribution in [0.1, 0.15) is 11.3 Å². The zero-order valence-corrected chi connectivity index (χ0v) is 16.1. The van der Waals surface area contributed by atoms with Gasteiger partial charge >= 0.3 is 0 Å². The monoisotopic (exact) mass is 392 g/mol. The Morgan fingerprint density at radius 3 is 2.43 bits per heavy atom. The highest BCUT2D eigenvalue weighted by molar-refractivity contribution is 6.32. The molecule has 140 valence electrons. The lowest BCUT2D eigenvalue weighted by Gasteiger charge is -2.07. The number of halogens is 1. The number of hydrogen-bond donors (Lipinski definition) is 1. The molecule has 0 spiro atoms. The Morgan fingerprint density at radius 2 is 1.79 bits per heavy atom. The highest BCUT2D eigenvalue weighted by Crippen LogP contribution is 2.19. The molecule has 0 aliphatic rings. The van der Waals surface area contributed by atoms with E-state index in [-0.39, 0.29) is 16.8 Å². The van der Waals surface area contributed by atoms with E-state index in [1.165, 1.54) is 10.8 Å². The molecule has 3 rings (SSSR count). The van der Waals surface area contributed by atoms with E-state index in [9.17, 15) is 14.9 Å². The molecular weight excluding hydrogens is 376 g/mol. The van der Waals surface area contributed by atoms with E-state index >= 15 is 0 Å². The van der Waals surface area contributed by atoms with Crippen molar-refractivity contribution >= 4 is 29.3 Å². The van der Waals surface area contributed by atoms with E-state index in [2.05, 4.69) is 5.32 Å². The molecule has 0 atom stereocenters. The number of aromatic nitrogens is 2. The Bertz CT molecular complexity index is 1170. The van der Waals surface area contributed by atoms with Crippen LogP contribution in [0.5, 0.6) is 0 Å². The number of para-hydroxylation sites is 1. The van der Waals surface area contributed by atoms with Gasteiger partial charge in [-0.3, -0.25) is 14.3 Å². The lowest BCUT2D eigenvalue weighted by Crippen LogP contribution is -2.23. The highest BCUT2D eigenvalue weighted by Gasteiger charge is 2.20. The Labute approximate surface area is 166 Å². The fourth-order valence-corrected chi connectivity index (χ4v) is 2.98. The van der Waals surface area contributed by atoms with Gasteiger partial charge in [-0.15, -0.1) is 0 Å². The third kappa shape index (κ3) is 3.61. The molecular formula is C21H17ClN4O2. The van der Waals surface area contributed by atoms with Crippen molar-refractivity contribution in [1.29, 1.82) is 5.26 Å². The summed E-state index contributed by atoms with van der Waals surface area (Å²) in [5, 5.41) is 12.4. The summed E-state index contributed by atoms with van der Waals surface area (Å²) in [6.45, 7) is 1.72. The first kappa shape index (κ1) is 19.2. The molecule has 2 aromatic carbocycles. The topological polar surface area (TPSA) is 79.8 Å². The molecule has 1 N–H and O–H groups in total. The molecule has 0 fully saturated rings. The fourth-order valence-electron chi connectivity index (χ4n) is 2.79. The molecule has 1 heterocycles. The van der Waals surface area contributed by atoms with Gasteiger partial charge in [0.1, 0.15) is 17.3 Å². The summed E-state index contributed by atoms with van der Waals surface area (Å²) < 4.78 is 3.10. The van der Waals surface area contributed by atoms with Crippen LogP contribution in [0.25, 0.3) is 11.8 Å². The number of rotatable bonds is 4. The Hall–Kier alpha value is -3.56. The van der Waals surface area contributed by atoms with Gasteiger partial charge in [0.05, 0.1) is 11.4 Å². The second-order valence-corrected chi connectivity index (χ2v) is 6.49. The molecule has 0 aliphatic carbocycles. The molecule has 7 heteroatoms. The number of nitrogens with zero attached hydrogens (tertiary/aromatic N) is 3. The molecule has 1 amide bonds. The first-order valence-electron chi connectivity index (χ1n) is 8.45. The van der Waals surface area contributed by atoms with Gasteiger partial charge in [0.15, 0.2) is 0 Å². The molecule has 28 heavy (non-hydrogen) atoms. The molecule has 0 saturated carbocycles. The quantitative estimate of drug-likeness (QED) is 0.543. The lowest BCUT2D eigenvalue weighted by atomic mass is 10.1. The molecule has 0 aliphatic heterocycles. The summed E-state index contributed by atoms with van der Waals surface area (Å²) >= 11 is 6.09. The average Bonchev–Trinajstić information content (AvgIpc) is 2.91. The van der Waals surface area contributed by atoms with E-state index in [1.54, 1.807) is 55.1 Å². The largest absolute Gasteiger partial charge is 0.315 e. The van der Waals surface area contributed by atoms with Crippen molar-refractivity contribution in [2.75, 3.05) is 5.32 Å². The van der Waals surface area contributed by atoms with Gasteiger partial charge in [-0.25, -0.2) is 4.68 Å². The van der Waals surface area contributed by atoms with Crippen LogP contribution in [-0.2, 0) is 11.8 Å². The number of benzene rings is 2. The summed E-state index contributed by atoms with van der Waals surface area (Å²) in [5.74, 6) is -0.673. The van der Waals surface area contributed by atoms with Gasteiger partial charge in [0.2, 0.25) is 0 Å². The van der Waals surface area contributed by atoms with Crippen molar-refractivity contribution < 1.29 is 4.79 Å². The van der Waals surface area contributed by atoms with Crippen molar-refractivity contribution in [3.05, 3.63) is 86.8 Å². The van der Waals surface area contributed by atoms with Crippen molar-refractivity contribution in [2.24, 2.45) is 7.05 Å². The maximum absolute atomic E-state index is 12.9. The lowest BCUT2D eigenvalue weighted by molar-refractivity contribution is -0.112. The molecule has 3 aromatic rings. The molecule has 0 unspecified atom stereocenters. The molecule has 0 radical (unpaired) electrons. The SMILES string of the molecule is Cc1c(NC(=O)/C(C#N)=C/c2ccccc2Cl)c(=O)n(-c2ccccc2)n1C. The molecule has 0 bridgehead atoms. The zero-order valence-electron chi connectivity index (χ0n) is 15.3. The van der Waals surface area contributed by atoms with Crippen LogP contribution in [0, 0.1) is 18.3 Å². The number of nitrogens with one attached hydrogen (secondary N) is 1. The first-order chi connectivity index (χ1) is 13.4. The standard InChI is InChI=1S/C21H17ClN4O2/c1-14-19(21(28)26(25(14)2)17-9-4-3-5-10-17)24-20(27)16(13-23)12-15-8-6-7-11-18(15)22/h3-12H,1-2H3,(H,24,27)/b16-12+. The summed E-state index contributed by atoms with van der Waals surface area (Å²) in [6.07, 6.45) is 1.39. The van der Waals surface area contributed by atoms with Crippen molar-refractivity contribution in [3.8, 4) is 11.8 Å². The Morgan fingerprint density at radius 1 is 1.14 bits per heavy atom. The van der Waals surface area contributed by atoms with Crippen LogP contribution in [0.4, 0.5) is 5.69 Å². The van der Waals surface area contributed by atoms with E-state index in [4.69, 9.17) is 11.6 Å². The smallest absolute Gasteiger partial charge is 0.295 e. The summed E-state index contributed by atoms with van der Waals surface area (Å²) in [6, 6.07) is 17.8. The van der Waals surface area contributed by atoms with Crippen LogP contribution >= 0.6 is 11.6 Å². The van der Waals surface area contributed by atoms with Gasteiger partial charge in [-0.2, -0.15) is 5.26 Å². The normalized spacial score (nSPS) is 11.1.